The lowest BCUT2D eigenvalue weighted by atomic mass is 10.4. The van der Waals surface area contributed by atoms with E-state index in [0.717, 1.165) is 12.8 Å². The molecule has 1 aromatic carbocycles. The molecule has 0 unspecified atom stereocenters. The number of halogens is 1. The van der Waals surface area contributed by atoms with Crippen molar-refractivity contribution in [1.29, 1.82) is 0 Å². The smallest absolute Gasteiger partial charge is 0.208 e. The first-order valence-corrected chi connectivity index (χ1v) is 6.22. The quantitative estimate of drug-likeness (QED) is 0.862. The van der Waals surface area contributed by atoms with Crippen LogP contribution in [0.2, 0.25) is 5.02 Å². The fourth-order valence-corrected chi connectivity index (χ4v) is 2.73. The van der Waals surface area contributed by atoms with Crippen LogP contribution in [0.5, 0.6) is 0 Å². The summed E-state index contributed by atoms with van der Waals surface area (Å²) in [5, 5.41) is 0.434. The molecule has 5 heteroatoms. The maximum atomic E-state index is 11.7. The van der Waals surface area contributed by atoms with Gasteiger partial charge >= 0.3 is 0 Å². The highest BCUT2D eigenvalue weighted by Crippen LogP contribution is 2.23. The van der Waals surface area contributed by atoms with Gasteiger partial charge < -0.3 is 0 Å². The molecule has 2 rings (SSSR count). The highest BCUT2D eigenvalue weighted by Gasteiger charge is 2.27. The number of nitrogens with one attached hydrogen (secondary N) is 1. The van der Waals surface area contributed by atoms with Gasteiger partial charge in [0.2, 0.25) is 10.0 Å². The predicted octanol–water partition coefficient (Wildman–Crippen LogP) is 1.78. The van der Waals surface area contributed by atoms with Gasteiger partial charge in [-0.25, -0.2) is 13.1 Å². The maximum absolute atomic E-state index is 11.7. The maximum Gasteiger partial charge on any atom is 0.240 e. The highest BCUT2D eigenvalue weighted by molar-refractivity contribution is 7.89. The van der Waals surface area contributed by atoms with Crippen molar-refractivity contribution in [3.8, 4) is 0 Å². The molecular formula is C9H10ClNO2S. The van der Waals surface area contributed by atoms with Crippen LogP contribution >= 0.6 is 11.6 Å². The molecule has 1 fully saturated rings. The van der Waals surface area contributed by atoms with Crippen molar-refractivity contribution in [2.24, 2.45) is 0 Å². The van der Waals surface area contributed by atoms with Crippen LogP contribution in [0, 0.1) is 0 Å². The molecule has 0 bridgehead atoms. The van der Waals surface area contributed by atoms with E-state index in [9.17, 15) is 8.42 Å². The number of rotatable bonds is 3. The summed E-state index contributed by atoms with van der Waals surface area (Å²) in [6, 6.07) is 6.39. The third-order valence-electron chi connectivity index (χ3n) is 2.01. The van der Waals surface area contributed by atoms with Gasteiger partial charge in [-0.05, 0) is 31.0 Å². The normalized spacial score (nSPS) is 16.9. The van der Waals surface area contributed by atoms with E-state index in [1.807, 2.05) is 0 Å². The second-order valence-corrected chi connectivity index (χ2v) is 5.50. The largest absolute Gasteiger partial charge is 0.240 e. The summed E-state index contributed by atoms with van der Waals surface area (Å²) in [7, 11) is -3.35. The van der Waals surface area contributed by atoms with Crippen molar-refractivity contribution >= 4 is 21.6 Å². The number of sulfonamides is 1. The molecule has 14 heavy (non-hydrogen) atoms. The van der Waals surface area contributed by atoms with Crippen molar-refractivity contribution in [3.05, 3.63) is 29.3 Å². The Balaban J connectivity index is 2.28. The average molecular weight is 232 g/mol. The zero-order valence-corrected chi connectivity index (χ0v) is 8.98. The Hall–Kier alpha value is -0.580. The molecule has 0 aromatic heterocycles. The molecule has 1 saturated carbocycles. The van der Waals surface area contributed by atoms with Crippen molar-refractivity contribution < 1.29 is 8.42 Å². The predicted molar refractivity (Wildman–Crippen MR) is 54.8 cm³/mol. The first-order valence-electron chi connectivity index (χ1n) is 4.36. The topological polar surface area (TPSA) is 46.2 Å². The molecule has 1 N–H and O–H groups in total. The van der Waals surface area contributed by atoms with Crippen LogP contribution in [-0.2, 0) is 10.0 Å². The summed E-state index contributed by atoms with van der Waals surface area (Å²) in [4.78, 5) is 0.233. The van der Waals surface area contributed by atoms with Crippen molar-refractivity contribution in [2.75, 3.05) is 0 Å². The Morgan fingerprint density at radius 3 is 2.64 bits per heavy atom. The van der Waals surface area contributed by atoms with E-state index in [0.29, 0.717) is 5.02 Å². The first-order chi connectivity index (χ1) is 6.58. The minimum absolute atomic E-state index is 0.124. The van der Waals surface area contributed by atoms with Gasteiger partial charge in [0.05, 0.1) is 4.90 Å². The third kappa shape index (κ3) is 2.26. The van der Waals surface area contributed by atoms with Gasteiger partial charge in [0.25, 0.3) is 0 Å². The number of hydrogen-bond donors (Lipinski definition) is 1. The molecule has 1 aliphatic carbocycles. The van der Waals surface area contributed by atoms with E-state index < -0.39 is 10.0 Å². The van der Waals surface area contributed by atoms with Gasteiger partial charge in [0.1, 0.15) is 0 Å². The SMILES string of the molecule is O=S(=O)(NC1CC1)c1cccc(Cl)c1. The van der Waals surface area contributed by atoms with Gasteiger partial charge in [0.15, 0.2) is 0 Å². The fraction of sp³-hybridized carbons (Fsp3) is 0.333. The first kappa shape index (κ1) is 9.96. The van der Waals surface area contributed by atoms with Gasteiger partial charge in [-0.2, -0.15) is 0 Å². The Labute approximate surface area is 88.1 Å². The monoisotopic (exact) mass is 231 g/mol. The van der Waals surface area contributed by atoms with Crippen LogP contribution in [0.3, 0.4) is 0 Å². The minimum atomic E-state index is -3.35. The summed E-state index contributed by atoms with van der Waals surface area (Å²) in [6.07, 6.45) is 1.86. The van der Waals surface area contributed by atoms with Crippen molar-refractivity contribution in [1.82, 2.24) is 4.72 Å². The molecular weight excluding hydrogens is 222 g/mol. The Kier molecular flexibility index (Phi) is 2.51. The molecule has 0 amide bonds. The Morgan fingerprint density at radius 1 is 1.36 bits per heavy atom. The van der Waals surface area contributed by atoms with E-state index >= 15 is 0 Å². The van der Waals surface area contributed by atoms with Crippen LogP contribution < -0.4 is 4.72 Å². The second-order valence-electron chi connectivity index (χ2n) is 3.35. The van der Waals surface area contributed by atoms with Crippen LogP contribution in [0.4, 0.5) is 0 Å². The highest BCUT2D eigenvalue weighted by atomic mass is 35.5. The van der Waals surface area contributed by atoms with Crippen LogP contribution in [0.25, 0.3) is 0 Å². The summed E-state index contributed by atoms with van der Waals surface area (Å²) < 4.78 is 25.9. The van der Waals surface area contributed by atoms with Gasteiger partial charge in [-0.1, -0.05) is 17.7 Å². The van der Waals surface area contributed by atoms with Crippen molar-refractivity contribution in [2.45, 2.75) is 23.8 Å². The van der Waals surface area contributed by atoms with E-state index in [1.54, 1.807) is 12.1 Å². The summed E-state index contributed by atoms with van der Waals surface area (Å²) in [5.74, 6) is 0. The van der Waals surface area contributed by atoms with Crippen LogP contribution in [-0.4, -0.2) is 14.5 Å². The molecule has 0 saturated heterocycles. The summed E-state index contributed by atoms with van der Waals surface area (Å²) in [6.45, 7) is 0. The molecule has 0 aliphatic heterocycles. The van der Waals surface area contributed by atoms with Crippen LogP contribution in [0.15, 0.2) is 29.2 Å². The molecule has 3 nitrogen and oxygen atoms in total. The molecule has 0 atom stereocenters. The van der Waals surface area contributed by atoms with E-state index in [2.05, 4.69) is 4.72 Å². The summed E-state index contributed by atoms with van der Waals surface area (Å²) >= 11 is 5.71. The summed E-state index contributed by atoms with van der Waals surface area (Å²) in [5.41, 5.74) is 0. The Morgan fingerprint density at radius 2 is 2.07 bits per heavy atom. The molecule has 1 aromatic rings. The molecule has 0 spiro atoms. The molecule has 76 valence electrons. The lowest BCUT2D eigenvalue weighted by Gasteiger charge is -2.04. The van der Waals surface area contributed by atoms with E-state index in [-0.39, 0.29) is 10.9 Å². The minimum Gasteiger partial charge on any atom is -0.208 e. The lowest BCUT2D eigenvalue weighted by molar-refractivity contribution is 0.581. The van der Waals surface area contributed by atoms with E-state index in [1.165, 1.54) is 12.1 Å². The standard InChI is InChI=1S/C9H10ClNO2S/c10-7-2-1-3-9(6-7)14(12,13)11-8-4-5-8/h1-3,6,8,11H,4-5H2. The average Bonchev–Trinajstić information content (AvgIpc) is 2.87. The second kappa shape index (κ2) is 3.53. The van der Waals surface area contributed by atoms with Gasteiger partial charge in [-0.3, -0.25) is 0 Å². The molecule has 0 radical (unpaired) electrons. The van der Waals surface area contributed by atoms with Crippen LogP contribution in [0.1, 0.15) is 12.8 Å². The number of hydrogen-bond acceptors (Lipinski definition) is 2. The lowest BCUT2D eigenvalue weighted by Crippen LogP contribution is -2.25. The van der Waals surface area contributed by atoms with E-state index in [4.69, 9.17) is 11.6 Å². The Bertz CT molecular complexity index is 440. The van der Waals surface area contributed by atoms with Crippen molar-refractivity contribution in [3.63, 3.8) is 0 Å². The molecule has 1 aliphatic rings. The molecule has 0 heterocycles. The third-order valence-corrected chi connectivity index (χ3v) is 3.76. The van der Waals surface area contributed by atoms with Gasteiger partial charge in [-0.15, -0.1) is 0 Å². The zero-order valence-electron chi connectivity index (χ0n) is 7.40. The van der Waals surface area contributed by atoms with Gasteiger partial charge in [0, 0.05) is 11.1 Å². The fourth-order valence-electron chi connectivity index (χ4n) is 1.12. The zero-order chi connectivity index (χ0) is 10.2. The number of benzene rings is 1.